The summed E-state index contributed by atoms with van der Waals surface area (Å²) < 4.78 is 1.68. The third kappa shape index (κ3) is 2.51. The smallest absolute Gasteiger partial charge is 0.274 e. The highest BCUT2D eigenvalue weighted by Gasteiger charge is 2.13. The Morgan fingerprint density at radius 1 is 1.29 bits per heavy atom. The van der Waals surface area contributed by atoms with Crippen molar-refractivity contribution in [1.29, 1.82) is 0 Å². The van der Waals surface area contributed by atoms with E-state index in [1.165, 1.54) is 6.20 Å². The molecule has 3 aromatic rings. The number of aliphatic hydroxyl groups excluding tert-OH is 1. The molecule has 0 aliphatic heterocycles. The van der Waals surface area contributed by atoms with Crippen LogP contribution in [0.2, 0.25) is 0 Å². The molecule has 0 fully saturated rings. The Kier molecular flexibility index (Phi) is 3.41. The van der Waals surface area contributed by atoms with E-state index < -0.39 is 0 Å². The zero-order valence-electron chi connectivity index (χ0n) is 11.6. The molecule has 2 aromatic heterocycles. The molecule has 1 aromatic carbocycles. The fourth-order valence-corrected chi connectivity index (χ4v) is 2.19. The lowest BCUT2D eigenvalue weighted by Crippen LogP contribution is -2.15. The van der Waals surface area contributed by atoms with Crippen LogP contribution in [0.1, 0.15) is 21.6 Å². The number of aromatic nitrogens is 2. The van der Waals surface area contributed by atoms with Crippen molar-refractivity contribution < 1.29 is 9.90 Å². The van der Waals surface area contributed by atoms with Gasteiger partial charge >= 0.3 is 0 Å². The highest BCUT2D eigenvalue weighted by molar-refractivity contribution is 6.03. The van der Waals surface area contributed by atoms with E-state index in [2.05, 4.69) is 10.3 Å². The van der Waals surface area contributed by atoms with E-state index >= 15 is 0 Å². The molecule has 1 amide bonds. The summed E-state index contributed by atoms with van der Waals surface area (Å²) >= 11 is 0. The van der Waals surface area contributed by atoms with Gasteiger partial charge in [-0.05, 0) is 30.2 Å². The first-order valence-corrected chi connectivity index (χ1v) is 6.63. The Morgan fingerprint density at radius 3 is 2.86 bits per heavy atom. The number of aryl methyl sites for hydroxylation is 1. The molecular weight excluding hydrogens is 266 g/mol. The SMILES string of the molecule is Cc1ccccc1NC(=O)c1cnc2ccc(CO)cn12. The number of pyridine rings is 1. The van der Waals surface area contributed by atoms with Gasteiger partial charge in [0.25, 0.3) is 5.91 Å². The van der Waals surface area contributed by atoms with E-state index in [1.54, 1.807) is 22.7 Å². The number of rotatable bonds is 3. The number of carbonyl (C=O) groups excluding carboxylic acids is 1. The van der Waals surface area contributed by atoms with Crippen LogP contribution in [-0.2, 0) is 6.61 Å². The first kappa shape index (κ1) is 13.3. The Hall–Kier alpha value is -2.66. The maximum absolute atomic E-state index is 12.4. The topological polar surface area (TPSA) is 66.6 Å². The van der Waals surface area contributed by atoms with Crippen LogP contribution in [0, 0.1) is 6.92 Å². The van der Waals surface area contributed by atoms with Gasteiger partial charge in [-0.2, -0.15) is 0 Å². The van der Waals surface area contributed by atoms with Gasteiger partial charge in [-0.3, -0.25) is 9.20 Å². The van der Waals surface area contributed by atoms with Crippen molar-refractivity contribution in [3.8, 4) is 0 Å². The summed E-state index contributed by atoms with van der Waals surface area (Å²) in [5.41, 5.74) is 3.60. The Bertz CT molecular complexity index is 808. The number of benzene rings is 1. The fraction of sp³-hybridized carbons (Fsp3) is 0.125. The van der Waals surface area contributed by atoms with Gasteiger partial charge in [-0.1, -0.05) is 24.3 Å². The van der Waals surface area contributed by atoms with Crippen LogP contribution in [0.3, 0.4) is 0 Å². The van der Waals surface area contributed by atoms with Crippen LogP contribution in [0.5, 0.6) is 0 Å². The molecule has 0 unspecified atom stereocenters. The van der Waals surface area contributed by atoms with Crippen molar-refractivity contribution in [2.24, 2.45) is 0 Å². The summed E-state index contributed by atoms with van der Waals surface area (Å²) in [6.45, 7) is 1.86. The summed E-state index contributed by atoms with van der Waals surface area (Å²) in [6, 6.07) is 11.2. The first-order chi connectivity index (χ1) is 10.2. The lowest BCUT2D eigenvalue weighted by Gasteiger charge is -2.08. The highest BCUT2D eigenvalue weighted by atomic mass is 16.3. The minimum absolute atomic E-state index is 0.0764. The molecule has 106 valence electrons. The van der Waals surface area contributed by atoms with E-state index in [-0.39, 0.29) is 12.5 Å². The number of aliphatic hydroxyl groups is 1. The van der Waals surface area contributed by atoms with Gasteiger partial charge in [0.05, 0.1) is 12.8 Å². The maximum Gasteiger partial charge on any atom is 0.274 e. The molecule has 5 heteroatoms. The minimum atomic E-state index is -0.230. The maximum atomic E-state index is 12.4. The quantitative estimate of drug-likeness (QED) is 0.774. The van der Waals surface area contributed by atoms with Crippen LogP contribution in [0.25, 0.3) is 5.65 Å². The molecule has 2 N–H and O–H groups in total. The Balaban J connectivity index is 1.96. The number of hydrogen-bond donors (Lipinski definition) is 2. The standard InChI is InChI=1S/C16H15N3O2/c1-11-4-2-3-5-13(11)18-16(21)14-8-17-15-7-6-12(10-20)9-19(14)15/h2-9,20H,10H2,1H3,(H,18,21). The summed E-state index contributed by atoms with van der Waals surface area (Å²) in [6.07, 6.45) is 3.25. The number of anilines is 1. The Morgan fingerprint density at radius 2 is 2.10 bits per heavy atom. The molecule has 0 aliphatic carbocycles. The molecule has 0 saturated heterocycles. The van der Waals surface area contributed by atoms with Gasteiger partial charge in [0.15, 0.2) is 0 Å². The molecule has 0 aliphatic rings. The first-order valence-electron chi connectivity index (χ1n) is 6.63. The molecule has 0 bridgehead atoms. The van der Waals surface area contributed by atoms with E-state index in [1.807, 2.05) is 31.2 Å². The van der Waals surface area contributed by atoms with Crippen molar-refractivity contribution in [2.45, 2.75) is 13.5 Å². The number of carbonyl (C=O) groups is 1. The summed E-state index contributed by atoms with van der Waals surface area (Å²) in [7, 11) is 0. The van der Waals surface area contributed by atoms with E-state index in [4.69, 9.17) is 0 Å². The van der Waals surface area contributed by atoms with Crippen molar-refractivity contribution in [3.05, 3.63) is 65.6 Å². The van der Waals surface area contributed by atoms with Crippen molar-refractivity contribution in [3.63, 3.8) is 0 Å². The van der Waals surface area contributed by atoms with Gasteiger partial charge in [0, 0.05) is 11.9 Å². The van der Waals surface area contributed by atoms with E-state index in [9.17, 15) is 9.90 Å². The molecule has 2 heterocycles. The molecule has 0 spiro atoms. The van der Waals surface area contributed by atoms with Gasteiger partial charge in [-0.25, -0.2) is 4.98 Å². The van der Waals surface area contributed by atoms with Crippen molar-refractivity contribution >= 4 is 17.2 Å². The number of nitrogens with one attached hydrogen (secondary N) is 1. The van der Waals surface area contributed by atoms with Gasteiger partial charge in [-0.15, -0.1) is 0 Å². The predicted molar refractivity (Wildman–Crippen MR) is 80.2 cm³/mol. The third-order valence-electron chi connectivity index (χ3n) is 3.38. The number of fused-ring (bicyclic) bond motifs is 1. The zero-order chi connectivity index (χ0) is 14.8. The van der Waals surface area contributed by atoms with E-state index in [0.29, 0.717) is 11.3 Å². The fourth-order valence-electron chi connectivity index (χ4n) is 2.19. The Labute approximate surface area is 121 Å². The lowest BCUT2D eigenvalue weighted by atomic mass is 10.2. The van der Waals surface area contributed by atoms with Crippen LogP contribution in [0.15, 0.2) is 48.8 Å². The molecule has 0 atom stereocenters. The van der Waals surface area contributed by atoms with Gasteiger partial charge < -0.3 is 10.4 Å². The molecule has 3 rings (SSSR count). The summed E-state index contributed by atoms with van der Waals surface area (Å²) in [4.78, 5) is 16.6. The van der Waals surface area contributed by atoms with Crippen LogP contribution in [0.4, 0.5) is 5.69 Å². The second-order valence-electron chi connectivity index (χ2n) is 4.84. The van der Waals surface area contributed by atoms with Crippen LogP contribution in [-0.4, -0.2) is 20.4 Å². The minimum Gasteiger partial charge on any atom is -0.392 e. The second-order valence-corrected chi connectivity index (χ2v) is 4.84. The summed E-state index contributed by atoms with van der Waals surface area (Å²) in [5, 5.41) is 12.1. The monoisotopic (exact) mass is 281 g/mol. The molecule has 21 heavy (non-hydrogen) atoms. The number of imidazole rings is 1. The zero-order valence-corrected chi connectivity index (χ0v) is 11.6. The molecule has 0 radical (unpaired) electrons. The third-order valence-corrected chi connectivity index (χ3v) is 3.38. The molecule has 5 nitrogen and oxygen atoms in total. The molecular formula is C16H15N3O2. The van der Waals surface area contributed by atoms with E-state index in [0.717, 1.165) is 16.8 Å². The lowest BCUT2D eigenvalue weighted by molar-refractivity contribution is 0.102. The average Bonchev–Trinajstić information content (AvgIpc) is 2.92. The number of amides is 1. The summed E-state index contributed by atoms with van der Waals surface area (Å²) in [5.74, 6) is -0.230. The largest absolute Gasteiger partial charge is 0.392 e. The second kappa shape index (κ2) is 5.38. The number of hydrogen-bond acceptors (Lipinski definition) is 3. The van der Waals surface area contributed by atoms with Crippen LogP contribution < -0.4 is 5.32 Å². The predicted octanol–water partition coefficient (Wildman–Crippen LogP) is 2.39. The van der Waals surface area contributed by atoms with Crippen molar-refractivity contribution in [1.82, 2.24) is 9.38 Å². The van der Waals surface area contributed by atoms with Gasteiger partial charge in [0.2, 0.25) is 0 Å². The molecule has 0 saturated carbocycles. The van der Waals surface area contributed by atoms with Crippen LogP contribution >= 0.6 is 0 Å². The van der Waals surface area contributed by atoms with Crippen molar-refractivity contribution in [2.75, 3.05) is 5.32 Å². The van der Waals surface area contributed by atoms with Gasteiger partial charge in [0.1, 0.15) is 11.3 Å². The normalized spacial score (nSPS) is 10.8. The number of nitrogens with zero attached hydrogens (tertiary/aromatic N) is 2. The highest BCUT2D eigenvalue weighted by Crippen LogP contribution is 2.16. The number of para-hydroxylation sites is 1. The average molecular weight is 281 g/mol.